The first kappa shape index (κ1) is 11.2. The lowest BCUT2D eigenvalue weighted by molar-refractivity contribution is -0.384. The van der Waals surface area contributed by atoms with E-state index in [0.717, 1.165) is 0 Å². The molecule has 0 unspecified atom stereocenters. The second kappa shape index (κ2) is 4.11. The molecule has 78 valence electrons. The molecule has 4 nitrogen and oxygen atoms in total. The van der Waals surface area contributed by atoms with Crippen molar-refractivity contribution in [2.24, 2.45) is 0 Å². The van der Waals surface area contributed by atoms with E-state index in [1.165, 1.54) is 12.1 Å². The van der Waals surface area contributed by atoms with Gasteiger partial charge in [-0.05, 0) is 26.0 Å². The summed E-state index contributed by atoms with van der Waals surface area (Å²) in [6.07, 6.45) is 0. The standard InChI is InChI=1S/C11H11NO3/c1-11(2,13)8-7-9-3-5-10(6-4-9)12(14)15/h3-6,13H,1-2H3. The molecule has 0 bridgehead atoms. The number of nitrogens with zero attached hydrogens (tertiary/aromatic N) is 1. The Bertz CT molecular complexity index is 418. The number of nitro groups is 1. The third-order valence-electron chi connectivity index (χ3n) is 1.59. The summed E-state index contributed by atoms with van der Waals surface area (Å²) < 4.78 is 0. The predicted octanol–water partition coefficient (Wildman–Crippen LogP) is 1.72. The molecule has 0 aliphatic heterocycles. The number of rotatable bonds is 1. The minimum atomic E-state index is -1.05. The number of non-ortho nitro benzene ring substituents is 1. The van der Waals surface area contributed by atoms with Crippen LogP contribution < -0.4 is 0 Å². The zero-order chi connectivity index (χ0) is 11.5. The van der Waals surface area contributed by atoms with Crippen LogP contribution in [-0.2, 0) is 0 Å². The number of hydrogen-bond donors (Lipinski definition) is 1. The van der Waals surface area contributed by atoms with Crippen molar-refractivity contribution >= 4 is 5.69 Å². The van der Waals surface area contributed by atoms with Crippen molar-refractivity contribution < 1.29 is 10.0 Å². The number of aliphatic hydroxyl groups is 1. The summed E-state index contributed by atoms with van der Waals surface area (Å²) >= 11 is 0. The van der Waals surface area contributed by atoms with Gasteiger partial charge in [0.25, 0.3) is 5.69 Å². The summed E-state index contributed by atoms with van der Waals surface area (Å²) in [5, 5.41) is 19.7. The van der Waals surface area contributed by atoms with Gasteiger partial charge in [-0.2, -0.15) is 0 Å². The molecule has 4 heteroatoms. The van der Waals surface area contributed by atoms with E-state index >= 15 is 0 Å². The van der Waals surface area contributed by atoms with Gasteiger partial charge in [-0.25, -0.2) is 0 Å². The second-order valence-electron chi connectivity index (χ2n) is 3.61. The van der Waals surface area contributed by atoms with Crippen LogP contribution in [-0.4, -0.2) is 15.6 Å². The van der Waals surface area contributed by atoms with Gasteiger partial charge in [0.2, 0.25) is 0 Å². The van der Waals surface area contributed by atoms with Crippen molar-refractivity contribution in [3.63, 3.8) is 0 Å². The molecule has 0 saturated heterocycles. The Morgan fingerprint density at radius 2 is 1.87 bits per heavy atom. The van der Waals surface area contributed by atoms with Gasteiger partial charge < -0.3 is 5.11 Å². The van der Waals surface area contributed by atoms with Crippen molar-refractivity contribution in [3.8, 4) is 11.8 Å². The van der Waals surface area contributed by atoms with E-state index in [2.05, 4.69) is 11.8 Å². The van der Waals surface area contributed by atoms with Gasteiger partial charge in [0.1, 0.15) is 5.60 Å². The maximum Gasteiger partial charge on any atom is 0.269 e. The van der Waals surface area contributed by atoms with Gasteiger partial charge in [0, 0.05) is 17.7 Å². The minimum Gasteiger partial charge on any atom is -0.378 e. The van der Waals surface area contributed by atoms with Crippen molar-refractivity contribution in [3.05, 3.63) is 39.9 Å². The molecule has 15 heavy (non-hydrogen) atoms. The summed E-state index contributed by atoms with van der Waals surface area (Å²) in [5.74, 6) is 5.35. The molecule has 1 rings (SSSR count). The summed E-state index contributed by atoms with van der Waals surface area (Å²) in [7, 11) is 0. The molecule has 0 fully saturated rings. The highest BCUT2D eigenvalue weighted by molar-refractivity contribution is 5.41. The molecule has 0 heterocycles. The van der Waals surface area contributed by atoms with Crippen LogP contribution >= 0.6 is 0 Å². The highest BCUT2D eigenvalue weighted by Crippen LogP contribution is 2.11. The van der Waals surface area contributed by atoms with Gasteiger partial charge >= 0.3 is 0 Å². The third kappa shape index (κ3) is 3.79. The zero-order valence-electron chi connectivity index (χ0n) is 8.52. The Hall–Kier alpha value is -1.86. The molecule has 0 radical (unpaired) electrons. The van der Waals surface area contributed by atoms with E-state index in [-0.39, 0.29) is 5.69 Å². The van der Waals surface area contributed by atoms with E-state index in [9.17, 15) is 15.2 Å². The zero-order valence-corrected chi connectivity index (χ0v) is 8.52. The Morgan fingerprint density at radius 1 is 1.33 bits per heavy atom. The van der Waals surface area contributed by atoms with E-state index < -0.39 is 10.5 Å². The van der Waals surface area contributed by atoms with Crippen LogP contribution in [0, 0.1) is 22.0 Å². The molecule has 0 aromatic heterocycles. The molecular weight excluding hydrogens is 194 g/mol. The normalized spacial score (nSPS) is 10.3. The van der Waals surface area contributed by atoms with Crippen molar-refractivity contribution in [1.82, 2.24) is 0 Å². The van der Waals surface area contributed by atoms with Crippen molar-refractivity contribution in [2.75, 3.05) is 0 Å². The van der Waals surface area contributed by atoms with Crippen molar-refractivity contribution in [1.29, 1.82) is 0 Å². The smallest absolute Gasteiger partial charge is 0.269 e. The highest BCUT2D eigenvalue weighted by atomic mass is 16.6. The SMILES string of the molecule is CC(C)(O)C#Cc1ccc([N+](=O)[O-])cc1. The summed E-state index contributed by atoms with van der Waals surface area (Å²) in [4.78, 5) is 9.89. The fourth-order valence-corrected chi connectivity index (χ4v) is 0.892. The van der Waals surface area contributed by atoms with E-state index in [1.807, 2.05) is 0 Å². The molecular formula is C11H11NO3. The molecule has 0 saturated carbocycles. The maximum atomic E-state index is 10.4. The molecule has 0 atom stereocenters. The van der Waals surface area contributed by atoms with Crippen LogP contribution in [0.4, 0.5) is 5.69 Å². The second-order valence-corrected chi connectivity index (χ2v) is 3.61. The summed E-state index contributed by atoms with van der Waals surface area (Å²) in [6.45, 7) is 3.15. The lowest BCUT2D eigenvalue weighted by Gasteiger charge is -2.05. The largest absolute Gasteiger partial charge is 0.378 e. The Balaban J connectivity index is 2.89. The van der Waals surface area contributed by atoms with Crippen LogP contribution in [0.15, 0.2) is 24.3 Å². The molecule has 0 amide bonds. The first-order valence-corrected chi connectivity index (χ1v) is 4.38. The first-order valence-electron chi connectivity index (χ1n) is 4.38. The van der Waals surface area contributed by atoms with Crippen LogP contribution in [0.2, 0.25) is 0 Å². The van der Waals surface area contributed by atoms with Crippen LogP contribution in [0.3, 0.4) is 0 Å². The number of hydrogen-bond acceptors (Lipinski definition) is 3. The van der Waals surface area contributed by atoms with Gasteiger partial charge in [0.05, 0.1) is 4.92 Å². The van der Waals surface area contributed by atoms with E-state index in [1.54, 1.807) is 26.0 Å². The van der Waals surface area contributed by atoms with Crippen LogP contribution in [0.25, 0.3) is 0 Å². The summed E-state index contributed by atoms with van der Waals surface area (Å²) in [5.41, 5.74) is -0.381. The fourth-order valence-electron chi connectivity index (χ4n) is 0.892. The molecule has 1 aromatic rings. The average Bonchev–Trinajstić information content (AvgIpc) is 2.14. The van der Waals surface area contributed by atoms with Crippen molar-refractivity contribution in [2.45, 2.75) is 19.4 Å². The Labute approximate surface area is 87.7 Å². The Morgan fingerprint density at radius 3 is 2.27 bits per heavy atom. The molecule has 0 aliphatic rings. The first-order chi connectivity index (χ1) is 6.88. The van der Waals surface area contributed by atoms with Crippen LogP contribution in [0.1, 0.15) is 19.4 Å². The fraction of sp³-hybridized carbons (Fsp3) is 0.273. The topological polar surface area (TPSA) is 63.4 Å². The molecule has 1 aromatic carbocycles. The monoisotopic (exact) mass is 205 g/mol. The third-order valence-corrected chi connectivity index (χ3v) is 1.59. The minimum absolute atomic E-state index is 0.0313. The number of nitro benzene ring substituents is 1. The summed E-state index contributed by atoms with van der Waals surface area (Å²) in [6, 6.07) is 5.87. The maximum absolute atomic E-state index is 10.4. The predicted molar refractivity (Wildman–Crippen MR) is 56.3 cm³/mol. The molecule has 1 N–H and O–H groups in total. The Kier molecular flexibility index (Phi) is 3.08. The van der Waals surface area contributed by atoms with E-state index in [0.29, 0.717) is 5.56 Å². The lowest BCUT2D eigenvalue weighted by Crippen LogP contribution is -2.14. The van der Waals surface area contributed by atoms with Gasteiger partial charge in [0.15, 0.2) is 0 Å². The lowest BCUT2D eigenvalue weighted by atomic mass is 10.1. The van der Waals surface area contributed by atoms with Gasteiger partial charge in [-0.15, -0.1) is 0 Å². The van der Waals surface area contributed by atoms with Crippen LogP contribution in [0.5, 0.6) is 0 Å². The van der Waals surface area contributed by atoms with Gasteiger partial charge in [-0.3, -0.25) is 10.1 Å². The number of benzene rings is 1. The highest BCUT2D eigenvalue weighted by Gasteiger charge is 2.06. The quantitative estimate of drug-likeness (QED) is 0.431. The molecule has 0 aliphatic carbocycles. The molecule has 0 spiro atoms. The average molecular weight is 205 g/mol. The van der Waals surface area contributed by atoms with Gasteiger partial charge in [-0.1, -0.05) is 11.8 Å². The van der Waals surface area contributed by atoms with E-state index in [4.69, 9.17) is 0 Å².